The minimum atomic E-state index is 0.122. The van der Waals surface area contributed by atoms with Gasteiger partial charge >= 0.3 is 0 Å². The van der Waals surface area contributed by atoms with E-state index in [4.69, 9.17) is 5.11 Å². The van der Waals surface area contributed by atoms with Crippen molar-refractivity contribution in [3.05, 3.63) is 18.5 Å². The van der Waals surface area contributed by atoms with Crippen molar-refractivity contribution in [3.63, 3.8) is 0 Å². The predicted octanol–water partition coefficient (Wildman–Crippen LogP) is 0.234. The first-order chi connectivity index (χ1) is 7.69. The lowest BCUT2D eigenvalue weighted by atomic mass is 10.3. The smallest absolute Gasteiger partial charge is 0.165 e. The Morgan fingerprint density at radius 2 is 2.31 bits per heavy atom. The summed E-state index contributed by atoms with van der Waals surface area (Å²) in [4.78, 5) is 2.04. The molecular weight excluding hydrogens is 206 g/mol. The summed E-state index contributed by atoms with van der Waals surface area (Å²) < 4.78 is 1.79. The minimum absolute atomic E-state index is 0.122. The molecule has 0 unspecified atom stereocenters. The summed E-state index contributed by atoms with van der Waals surface area (Å²) in [6.07, 6.45) is 1.80. The molecule has 16 heavy (non-hydrogen) atoms. The van der Waals surface area contributed by atoms with Gasteiger partial charge in [-0.1, -0.05) is 6.08 Å². The van der Waals surface area contributed by atoms with E-state index in [-0.39, 0.29) is 12.6 Å². The number of hydrogen-bond acceptors (Lipinski definition) is 5. The maximum Gasteiger partial charge on any atom is 0.165 e. The molecule has 1 N–H and O–H groups in total. The summed E-state index contributed by atoms with van der Waals surface area (Å²) in [7, 11) is 0. The van der Waals surface area contributed by atoms with Crippen LogP contribution >= 0.6 is 0 Å². The van der Waals surface area contributed by atoms with Crippen LogP contribution in [0, 0.1) is 0 Å². The normalized spacial score (nSPS) is 11.3. The monoisotopic (exact) mass is 225 g/mol. The molecule has 1 aromatic rings. The lowest BCUT2D eigenvalue weighted by Crippen LogP contribution is -2.28. The van der Waals surface area contributed by atoms with Gasteiger partial charge < -0.3 is 5.11 Å². The highest BCUT2D eigenvalue weighted by atomic mass is 16.3. The molecule has 1 aromatic heterocycles. The Labute approximate surface area is 95.6 Å². The Bertz CT molecular complexity index is 323. The molecule has 0 aliphatic rings. The highest BCUT2D eigenvalue weighted by Gasteiger charge is 2.12. The molecule has 0 aromatic carbocycles. The number of hydrogen-bond donors (Lipinski definition) is 1. The minimum Gasteiger partial charge on any atom is -0.395 e. The fourth-order valence-corrected chi connectivity index (χ4v) is 1.48. The number of aliphatic hydroxyl groups is 1. The molecule has 0 aliphatic carbocycles. The van der Waals surface area contributed by atoms with Crippen LogP contribution in [-0.4, -0.2) is 49.9 Å². The zero-order chi connectivity index (χ0) is 12.0. The van der Waals surface area contributed by atoms with Crippen molar-refractivity contribution >= 4 is 0 Å². The molecule has 1 rings (SSSR count). The van der Waals surface area contributed by atoms with Crippen LogP contribution in [0.15, 0.2) is 12.7 Å². The van der Waals surface area contributed by atoms with Crippen LogP contribution in [0.4, 0.5) is 0 Å². The highest BCUT2D eigenvalue weighted by Crippen LogP contribution is 2.06. The van der Waals surface area contributed by atoms with E-state index in [2.05, 4.69) is 22.1 Å². The Morgan fingerprint density at radius 1 is 1.56 bits per heavy atom. The second-order valence-electron chi connectivity index (χ2n) is 3.88. The summed E-state index contributed by atoms with van der Waals surface area (Å²) in [6.45, 7) is 9.80. The lowest BCUT2D eigenvalue weighted by Gasteiger charge is -2.19. The van der Waals surface area contributed by atoms with Crippen molar-refractivity contribution in [2.24, 2.45) is 0 Å². The van der Waals surface area contributed by atoms with Crippen molar-refractivity contribution in [3.8, 4) is 0 Å². The van der Waals surface area contributed by atoms with Crippen LogP contribution in [0.2, 0.25) is 0 Å². The van der Waals surface area contributed by atoms with Gasteiger partial charge in [-0.25, -0.2) is 4.68 Å². The predicted molar refractivity (Wildman–Crippen MR) is 60.8 cm³/mol. The van der Waals surface area contributed by atoms with Crippen LogP contribution in [0.3, 0.4) is 0 Å². The molecular formula is C10H19N5O. The zero-order valence-corrected chi connectivity index (χ0v) is 9.87. The Balaban J connectivity index is 2.68. The van der Waals surface area contributed by atoms with E-state index in [0.717, 1.165) is 5.82 Å². The molecule has 0 aliphatic heterocycles. The maximum absolute atomic E-state index is 8.94. The molecule has 0 saturated heterocycles. The molecule has 0 amide bonds. The molecule has 6 heteroatoms. The van der Waals surface area contributed by atoms with E-state index in [1.807, 2.05) is 18.7 Å². The van der Waals surface area contributed by atoms with Crippen LogP contribution in [-0.2, 0) is 6.54 Å². The van der Waals surface area contributed by atoms with Crippen LogP contribution < -0.4 is 0 Å². The summed E-state index contributed by atoms with van der Waals surface area (Å²) in [5.74, 6) is 0.810. The fourth-order valence-electron chi connectivity index (χ4n) is 1.48. The first-order valence-corrected chi connectivity index (χ1v) is 5.40. The summed E-state index contributed by atoms with van der Waals surface area (Å²) in [5.41, 5.74) is 0. The van der Waals surface area contributed by atoms with Gasteiger partial charge in [0.05, 0.1) is 19.2 Å². The molecule has 0 radical (unpaired) electrons. The van der Waals surface area contributed by atoms with Gasteiger partial charge in [-0.05, 0) is 24.3 Å². The molecule has 0 spiro atoms. The Morgan fingerprint density at radius 3 is 2.88 bits per heavy atom. The topological polar surface area (TPSA) is 67.1 Å². The quantitative estimate of drug-likeness (QED) is 0.673. The van der Waals surface area contributed by atoms with E-state index in [0.29, 0.717) is 19.6 Å². The fraction of sp³-hybridized carbons (Fsp3) is 0.700. The second-order valence-corrected chi connectivity index (χ2v) is 3.88. The number of aromatic nitrogens is 4. The Hall–Kier alpha value is -1.27. The first kappa shape index (κ1) is 12.8. The van der Waals surface area contributed by atoms with Gasteiger partial charge in [0.15, 0.2) is 5.82 Å². The second kappa shape index (κ2) is 6.34. The molecule has 90 valence electrons. The van der Waals surface area contributed by atoms with Gasteiger partial charge in [-0.2, -0.15) is 0 Å². The lowest BCUT2D eigenvalue weighted by molar-refractivity contribution is 0.197. The molecule has 0 saturated carbocycles. The van der Waals surface area contributed by atoms with E-state index >= 15 is 0 Å². The molecule has 0 atom stereocenters. The third kappa shape index (κ3) is 3.39. The SMILES string of the molecule is C=CCN(CCO)Cc1nnnn1C(C)C. The van der Waals surface area contributed by atoms with Crippen molar-refractivity contribution in [2.45, 2.75) is 26.4 Å². The molecule has 6 nitrogen and oxygen atoms in total. The summed E-state index contributed by atoms with van der Waals surface area (Å²) >= 11 is 0. The molecule has 1 heterocycles. The van der Waals surface area contributed by atoms with E-state index in [1.165, 1.54) is 0 Å². The van der Waals surface area contributed by atoms with Gasteiger partial charge in [0.2, 0.25) is 0 Å². The standard InChI is InChI=1S/C10H19N5O/c1-4-5-14(6-7-16)8-10-11-12-13-15(10)9(2)3/h4,9,16H,1,5-8H2,2-3H3. The van der Waals surface area contributed by atoms with Crippen molar-refractivity contribution in [2.75, 3.05) is 19.7 Å². The van der Waals surface area contributed by atoms with Crippen molar-refractivity contribution in [1.29, 1.82) is 0 Å². The first-order valence-electron chi connectivity index (χ1n) is 5.40. The van der Waals surface area contributed by atoms with Crippen LogP contribution in [0.1, 0.15) is 25.7 Å². The molecule has 0 fully saturated rings. The van der Waals surface area contributed by atoms with Gasteiger partial charge in [0, 0.05) is 13.1 Å². The van der Waals surface area contributed by atoms with Gasteiger partial charge in [-0.15, -0.1) is 11.7 Å². The van der Waals surface area contributed by atoms with Gasteiger partial charge in [-0.3, -0.25) is 4.90 Å². The highest BCUT2D eigenvalue weighted by molar-refractivity contribution is 4.85. The number of aliphatic hydroxyl groups excluding tert-OH is 1. The number of tetrazole rings is 1. The third-order valence-electron chi connectivity index (χ3n) is 2.22. The van der Waals surface area contributed by atoms with Crippen molar-refractivity contribution in [1.82, 2.24) is 25.1 Å². The zero-order valence-electron chi connectivity index (χ0n) is 9.87. The number of nitrogens with zero attached hydrogens (tertiary/aromatic N) is 5. The average Bonchev–Trinajstić information content (AvgIpc) is 2.66. The van der Waals surface area contributed by atoms with E-state index < -0.39 is 0 Å². The maximum atomic E-state index is 8.94. The van der Waals surface area contributed by atoms with Crippen LogP contribution in [0.5, 0.6) is 0 Å². The summed E-state index contributed by atoms with van der Waals surface area (Å²) in [6, 6.07) is 0.240. The van der Waals surface area contributed by atoms with E-state index in [1.54, 1.807) is 10.8 Å². The van der Waals surface area contributed by atoms with Gasteiger partial charge in [0.25, 0.3) is 0 Å². The third-order valence-corrected chi connectivity index (χ3v) is 2.22. The van der Waals surface area contributed by atoms with Crippen LogP contribution in [0.25, 0.3) is 0 Å². The average molecular weight is 225 g/mol. The Kier molecular flexibility index (Phi) is 5.07. The summed E-state index contributed by atoms with van der Waals surface area (Å²) in [5, 5.41) is 20.5. The van der Waals surface area contributed by atoms with Gasteiger partial charge in [0.1, 0.15) is 0 Å². The van der Waals surface area contributed by atoms with E-state index in [9.17, 15) is 0 Å². The van der Waals surface area contributed by atoms with Crippen molar-refractivity contribution < 1.29 is 5.11 Å². The number of rotatable bonds is 7. The molecule has 0 bridgehead atoms. The largest absolute Gasteiger partial charge is 0.395 e.